The summed E-state index contributed by atoms with van der Waals surface area (Å²) in [4.78, 5) is 0. The van der Waals surface area contributed by atoms with Crippen molar-refractivity contribution in [3.05, 3.63) is 26.8 Å². The van der Waals surface area contributed by atoms with E-state index in [1.54, 1.807) is 0 Å². The third-order valence-corrected chi connectivity index (χ3v) is 5.51. The van der Waals surface area contributed by atoms with Crippen molar-refractivity contribution in [2.45, 2.75) is 27.7 Å². The molecule has 1 atom stereocenters. The smallest absolute Gasteiger partial charge is 0.0758 e. The Kier molecular flexibility index (Phi) is 6.17. The van der Waals surface area contributed by atoms with E-state index >= 15 is 0 Å². The number of fused-ring (bicyclic) bond motifs is 1. The fourth-order valence-electron chi connectivity index (χ4n) is 1.53. The summed E-state index contributed by atoms with van der Waals surface area (Å²) in [6.07, 6.45) is 0.590. The SMILES string of the molecule is CC.Cc1c(Br)cc2c(c(C)nn2PI)c1Cl. The van der Waals surface area contributed by atoms with Crippen LogP contribution in [0.1, 0.15) is 25.1 Å². The molecule has 2 aromatic rings. The molecule has 17 heavy (non-hydrogen) atoms. The topological polar surface area (TPSA) is 17.8 Å². The highest BCUT2D eigenvalue weighted by Gasteiger charge is 2.14. The fourth-order valence-corrected chi connectivity index (χ4v) is 3.96. The molecule has 1 unspecified atom stereocenters. The van der Waals surface area contributed by atoms with Crippen LogP contribution in [0.15, 0.2) is 10.5 Å². The van der Waals surface area contributed by atoms with Gasteiger partial charge < -0.3 is 0 Å². The predicted octanol–water partition coefficient (Wildman–Crippen LogP) is 5.89. The van der Waals surface area contributed by atoms with Crippen molar-refractivity contribution in [1.29, 1.82) is 0 Å². The predicted molar refractivity (Wildman–Crippen MR) is 91.0 cm³/mol. The molecule has 0 spiro atoms. The molecule has 1 aromatic carbocycles. The molecular weight excluding hydrogens is 433 g/mol. The molecule has 0 fully saturated rings. The Bertz CT molecular complexity index is 542. The van der Waals surface area contributed by atoms with Gasteiger partial charge in [-0.25, -0.2) is 4.45 Å². The average Bonchev–Trinajstić information content (AvgIpc) is 2.65. The minimum atomic E-state index is 0.590. The summed E-state index contributed by atoms with van der Waals surface area (Å²) in [6, 6.07) is 2.09. The van der Waals surface area contributed by atoms with Crippen LogP contribution in [0.2, 0.25) is 5.02 Å². The number of benzene rings is 1. The van der Waals surface area contributed by atoms with Gasteiger partial charge in [0.25, 0.3) is 0 Å². The molecule has 2 nitrogen and oxygen atoms in total. The van der Waals surface area contributed by atoms with Crippen LogP contribution < -0.4 is 0 Å². The molecule has 0 saturated carbocycles. The number of aryl methyl sites for hydroxylation is 1. The molecular formula is C11H14BrClIN2P. The first kappa shape index (κ1) is 15.7. The highest BCUT2D eigenvalue weighted by atomic mass is 127. The molecule has 6 heteroatoms. The molecule has 0 N–H and O–H groups in total. The van der Waals surface area contributed by atoms with Crippen LogP contribution in [0, 0.1) is 13.8 Å². The quantitative estimate of drug-likeness (QED) is 0.394. The fraction of sp³-hybridized carbons (Fsp3) is 0.364. The van der Waals surface area contributed by atoms with Gasteiger partial charge in [-0.05, 0) is 47.5 Å². The maximum atomic E-state index is 6.32. The highest BCUT2D eigenvalue weighted by molar-refractivity contribution is 14.2. The van der Waals surface area contributed by atoms with Gasteiger partial charge in [0.1, 0.15) is 0 Å². The van der Waals surface area contributed by atoms with Gasteiger partial charge in [0.2, 0.25) is 0 Å². The Morgan fingerprint density at radius 1 is 1.41 bits per heavy atom. The highest BCUT2D eigenvalue weighted by Crippen LogP contribution is 2.38. The number of aromatic nitrogens is 2. The maximum Gasteiger partial charge on any atom is 0.0758 e. The molecule has 0 aliphatic heterocycles. The van der Waals surface area contributed by atoms with Gasteiger partial charge in [-0.2, -0.15) is 5.10 Å². The van der Waals surface area contributed by atoms with Crippen molar-refractivity contribution in [3.8, 4) is 0 Å². The summed E-state index contributed by atoms with van der Waals surface area (Å²) in [7, 11) is 0. The number of hydrogen-bond donors (Lipinski definition) is 0. The zero-order valence-corrected chi connectivity index (χ0v) is 15.6. The van der Waals surface area contributed by atoms with E-state index in [-0.39, 0.29) is 0 Å². The van der Waals surface area contributed by atoms with Crippen molar-refractivity contribution in [1.82, 2.24) is 9.55 Å². The van der Waals surface area contributed by atoms with E-state index < -0.39 is 0 Å². The molecule has 94 valence electrons. The lowest BCUT2D eigenvalue weighted by Crippen LogP contribution is -1.84. The third-order valence-electron chi connectivity index (χ3n) is 2.35. The first-order valence-corrected chi connectivity index (χ1v) is 10.5. The van der Waals surface area contributed by atoms with Gasteiger partial charge >= 0.3 is 0 Å². The Hall–Kier alpha value is 0.620. The summed E-state index contributed by atoms with van der Waals surface area (Å²) in [5, 5.41) is 6.34. The van der Waals surface area contributed by atoms with Crippen molar-refractivity contribution in [2.75, 3.05) is 0 Å². The second-order valence-electron chi connectivity index (χ2n) is 3.27. The van der Waals surface area contributed by atoms with Crippen LogP contribution in [-0.4, -0.2) is 9.55 Å². The monoisotopic (exact) mass is 446 g/mol. The van der Waals surface area contributed by atoms with E-state index in [9.17, 15) is 0 Å². The molecule has 0 aliphatic carbocycles. The Labute approximate surface area is 130 Å². The number of hydrogen-bond acceptors (Lipinski definition) is 1. The first-order chi connectivity index (χ1) is 8.06. The average molecular weight is 447 g/mol. The molecule has 2 rings (SSSR count). The first-order valence-electron chi connectivity index (χ1n) is 5.27. The molecule has 0 aliphatic rings. The Morgan fingerprint density at radius 3 is 2.53 bits per heavy atom. The lowest BCUT2D eigenvalue weighted by molar-refractivity contribution is 1.00. The minimum absolute atomic E-state index is 0.590. The Morgan fingerprint density at radius 2 is 2.00 bits per heavy atom. The van der Waals surface area contributed by atoms with Gasteiger partial charge in [0, 0.05) is 9.86 Å². The van der Waals surface area contributed by atoms with Gasteiger partial charge in [0.15, 0.2) is 0 Å². The zero-order chi connectivity index (χ0) is 13.2. The largest absolute Gasteiger partial charge is 0.237 e. The van der Waals surface area contributed by atoms with Crippen molar-refractivity contribution >= 4 is 66.8 Å². The standard InChI is InChI=1S/C9H8BrClIN2P.C2H6/c1-4-6(10)3-7-8(9(4)11)5(2)13-14(7)15-12;1-2/h3,15H,1-2H3;1-2H3. The van der Waals surface area contributed by atoms with E-state index in [0.29, 0.717) is 6.37 Å². The van der Waals surface area contributed by atoms with Crippen LogP contribution >= 0.6 is 55.9 Å². The molecule has 0 saturated heterocycles. The van der Waals surface area contributed by atoms with Crippen LogP contribution in [0.4, 0.5) is 0 Å². The van der Waals surface area contributed by atoms with E-state index in [4.69, 9.17) is 11.6 Å². The summed E-state index contributed by atoms with van der Waals surface area (Å²) >= 11 is 12.2. The molecule has 0 bridgehead atoms. The van der Waals surface area contributed by atoms with Crippen LogP contribution in [0.3, 0.4) is 0 Å². The number of nitrogens with zero attached hydrogens (tertiary/aromatic N) is 2. The molecule has 0 amide bonds. The van der Waals surface area contributed by atoms with Crippen molar-refractivity contribution < 1.29 is 0 Å². The molecule has 1 aromatic heterocycles. The molecule has 0 radical (unpaired) electrons. The van der Waals surface area contributed by atoms with E-state index in [1.807, 2.05) is 32.1 Å². The Balaban J connectivity index is 0.000000686. The zero-order valence-electron chi connectivity index (χ0n) is 10.1. The van der Waals surface area contributed by atoms with Crippen LogP contribution in [0.5, 0.6) is 0 Å². The van der Waals surface area contributed by atoms with Gasteiger partial charge in [-0.1, -0.05) is 41.4 Å². The second-order valence-corrected chi connectivity index (χ2v) is 6.55. The van der Waals surface area contributed by atoms with E-state index in [1.165, 1.54) is 0 Å². The van der Waals surface area contributed by atoms with Crippen LogP contribution in [-0.2, 0) is 0 Å². The summed E-state index contributed by atoms with van der Waals surface area (Å²) < 4.78 is 3.03. The van der Waals surface area contributed by atoms with Gasteiger partial charge in [-0.3, -0.25) is 0 Å². The third kappa shape index (κ3) is 2.96. The van der Waals surface area contributed by atoms with Gasteiger partial charge in [-0.15, -0.1) is 0 Å². The summed E-state index contributed by atoms with van der Waals surface area (Å²) in [6.45, 7) is 8.00. The van der Waals surface area contributed by atoms with E-state index in [0.717, 1.165) is 31.7 Å². The summed E-state index contributed by atoms with van der Waals surface area (Å²) in [5.41, 5.74) is 3.17. The number of halogens is 3. The molecule has 1 heterocycles. The maximum absolute atomic E-state index is 6.32. The lowest BCUT2D eigenvalue weighted by atomic mass is 10.1. The second kappa shape index (κ2) is 6.69. The van der Waals surface area contributed by atoms with Gasteiger partial charge in [0.05, 0.1) is 22.6 Å². The van der Waals surface area contributed by atoms with E-state index in [2.05, 4.69) is 49.1 Å². The lowest BCUT2D eigenvalue weighted by Gasteiger charge is -2.04. The van der Waals surface area contributed by atoms with Crippen LogP contribution in [0.25, 0.3) is 10.9 Å². The minimum Gasteiger partial charge on any atom is -0.237 e. The normalized spacial score (nSPS) is 11.0. The summed E-state index contributed by atoms with van der Waals surface area (Å²) in [5.74, 6) is 0. The van der Waals surface area contributed by atoms with Crippen molar-refractivity contribution in [3.63, 3.8) is 0 Å². The van der Waals surface area contributed by atoms with Crippen molar-refractivity contribution in [2.24, 2.45) is 0 Å². The number of rotatable bonds is 1.